The molecule has 3 heteroatoms. The normalized spacial score (nSPS) is 19.9. The Bertz CT molecular complexity index is 391. The molecule has 0 saturated carbocycles. The fraction of sp³-hybridized carbons (Fsp3) is 0.462. The van der Waals surface area contributed by atoms with Crippen LogP contribution in [0.2, 0.25) is 0 Å². The molecule has 3 nitrogen and oxygen atoms in total. The van der Waals surface area contributed by atoms with E-state index in [9.17, 15) is 0 Å². The van der Waals surface area contributed by atoms with Crippen LogP contribution in [0.1, 0.15) is 17.5 Å². The molecule has 0 aliphatic carbocycles. The summed E-state index contributed by atoms with van der Waals surface area (Å²) < 4.78 is 5.37. The molecule has 0 spiro atoms. The van der Waals surface area contributed by atoms with Gasteiger partial charge in [0.25, 0.3) is 0 Å². The lowest BCUT2D eigenvalue weighted by Gasteiger charge is -2.22. The van der Waals surface area contributed by atoms with Crippen LogP contribution in [0.5, 0.6) is 0 Å². The van der Waals surface area contributed by atoms with E-state index in [0.29, 0.717) is 6.04 Å². The zero-order chi connectivity index (χ0) is 11.4. The summed E-state index contributed by atoms with van der Waals surface area (Å²) in [7, 11) is 2.11. The Labute approximate surface area is 96.2 Å². The van der Waals surface area contributed by atoms with Crippen LogP contribution < -0.4 is 0 Å². The Morgan fingerprint density at radius 3 is 3.12 bits per heavy atom. The minimum absolute atomic E-state index is 0.519. The first-order chi connectivity index (χ1) is 7.79. The number of likely N-dealkylation sites (N-methyl/N-ethyl adjacent to an activating group) is 1. The van der Waals surface area contributed by atoms with Crippen molar-refractivity contribution in [2.24, 2.45) is 0 Å². The lowest BCUT2D eigenvalue weighted by Crippen LogP contribution is -2.31. The smallest absolute Gasteiger partial charge is 0.0991 e. The molecule has 16 heavy (non-hydrogen) atoms. The van der Waals surface area contributed by atoms with E-state index >= 15 is 0 Å². The fourth-order valence-corrected chi connectivity index (χ4v) is 2.03. The zero-order valence-electron chi connectivity index (χ0n) is 9.52. The molecule has 0 bridgehead atoms. The van der Waals surface area contributed by atoms with E-state index in [1.807, 2.05) is 18.2 Å². The molecular weight excluding hydrogens is 200 g/mol. The maximum Gasteiger partial charge on any atom is 0.0991 e. The molecule has 0 amide bonds. The zero-order valence-corrected chi connectivity index (χ0v) is 9.52. The molecule has 0 N–H and O–H groups in total. The molecule has 1 aromatic rings. The molecule has 1 atom stereocenters. The van der Waals surface area contributed by atoms with Crippen LogP contribution in [0.25, 0.3) is 0 Å². The summed E-state index contributed by atoms with van der Waals surface area (Å²) in [6, 6.07) is 10.5. The monoisotopic (exact) mass is 216 g/mol. The third-order valence-electron chi connectivity index (χ3n) is 3.02. The van der Waals surface area contributed by atoms with Gasteiger partial charge in [0.05, 0.1) is 18.2 Å². The molecule has 1 aliphatic rings. The minimum Gasteiger partial charge on any atom is -0.380 e. The van der Waals surface area contributed by atoms with Gasteiger partial charge in [0.2, 0.25) is 0 Å². The fourth-order valence-electron chi connectivity index (χ4n) is 2.03. The molecule has 1 unspecified atom stereocenters. The second-order valence-electron chi connectivity index (χ2n) is 4.24. The van der Waals surface area contributed by atoms with E-state index in [1.54, 1.807) is 0 Å². The van der Waals surface area contributed by atoms with Gasteiger partial charge in [0.1, 0.15) is 0 Å². The summed E-state index contributed by atoms with van der Waals surface area (Å²) >= 11 is 0. The molecule has 1 heterocycles. The summed E-state index contributed by atoms with van der Waals surface area (Å²) in [6.45, 7) is 2.57. The molecular formula is C13H16N2O. The van der Waals surface area contributed by atoms with E-state index in [0.717, 1.165) is 31.7 Å². The molecule has 1 fully saturated rings. The molecule has 1 aromatic carbocycles. The summed E-state index contributed by atoms with van der Waals surface area (Å²) in [4.78, 5) is 2.30. The van der Waals surface area contributed by atoms with E-state index in [1.165, 1.54) is 5.56 Å². The van der Waals surface area contributed by atoms with Gasteiger partial charge in [0, 0.05) is 19.2 Å². The molecule has 1 saturated heterocycles. The molecule has 2 rings (SSSR count). The van der Waals surface area contributed by atoms with Crippen molar-refractivity contribution in [1.82, 2.24) is 4.90 Å². The van der Waals surface area contributed by atoms with Crippen molar-refractivity contribution in [3.05, 3.63) is 35.4 Å². The Morgan fingerprint density at radius 2 is 2.44 bits per heavy atom. The molecule has 0 radical (unpaired) electrons. The molecule has 84 valence electrons. The van der Waals surface area contributed by atoms with Gasteiger partial charge < -0.3 is 4.74 Å². The predicted molar refractivity (Wildman–Crippen MR) is 61.8 cm³/mol. The molecule has 0 aromatic heterocycles. The number of hydrogen-bond acceptors (Lipinski definition) is 3. The van der Waals surface area contributed by atoms with Crippen LogP contribution >= 0.6 is 0 Å². The number of benzene rings is 1. The summed E-state index contributed by atoms with van der Waals surface area (Å²) in [5, 5.41) is 8.82. The van der Waals surface area contributed by atoms with Gasteiger partial charge in [-0.05, 0) is 31.2 Å². The van der Waals surface area contributed by atoms with Gasteiger partial charge in [-0.1, -0.05) is 12.1 Å². The highest BCUT2D eigenvalue weighted by Crippen LogP contribution is 2.14. The van der Waals surface area contributed by atoms with Crippen LogP contribution in [-0.2, 0) is 11.3 Å². The first-order valence-electron chi connectivity index (χ1n) is 5.56. The van der Waals surface area contributed by atoms with Crippen molar-refractivity contribution < 1.29 is 4.74 Å². The van der Waals surface area contributed by atoms with Crippen molar-refractivity contribution in [2.75, 3.05) is 20.3 Å². The van der Waals surface area contributed by atoms with Gasteiger partial charge >= 0.3 is 0 Å². The number of hydrogen-bond donors (Lipinski definition) is 0. The quantitative estimate of drug-likeness (QED) is 0.772. The third-order valence-corrected chi connectivity index (χ3v) is 3.02. The Kier molecular flexibility index (Phi) is 3.55. The summed E-state index contributed by atoms with van der Waals surface area (Å²) in [5.41, 5.74) is 1.92. The second-order valence-corrected chi connectivity index (χ2v) is 4.24. The number of ether oxygens (including phenoxy) is 1. The van der Waals surface area contributed by atoms with Gasteiger partial charge in [-0.2, -0.15) is 5.26 Å². The first kappa shape index (κ1) is 11.1. The van der Waals surface area contributed by atoms with Crippen LogP contribution in [-0.4, -0.2) is 31.2 Å². The predicted octanol–water partition coefficient (Wildman–Crippen LogP) is 1.78. The average Bonchev–Trinajstić information content (AvgIpc) is 2.83. The van der Waals surface area contributed by atoms with E-state index in [4.69, 9.17) is 10.00 Å². The minimum atomic E-state index is 0.519. The third kappa shape index (κ3) is 2.60. The maximum absolute atomic E-state index is 8.82. The van der Waals surface area contributed by atoms with Gasteiger partial charge in [-0.3, -0.25) is 4.90 Å². The Morgan fingerprint density at radius 1 is 1.56 bits per heavy atom. The highest BCUT2D eigenvalue weighted by molar-refractivity contribution is 5.32. The number of nitrogens with zero attached hydrogens (tertiary/aromatic N) is 2. The van der Waals surface area contributed by atoms with E-state index in [2.05, 4.69) is 24.1 Å². The average molecular weight is 216 g/mol. The Balaban J connectivity index is 2.00. The van der Waals surface area contributed by atoms with Gasteiger partial charge in [0.15, 0.2) is 0 Å². The topological polar surface area (TPSA) is 36.3 Å². The lowest BCUT2D eigenvalue weighted by atomic mass is 10.1. The van der Waals surface area contributed by atoms with Gasteiger partial charge in [-0.15, -0.1) is 0 Å². The SMILES string of the molecule is CN(Cc1cccc(C#N)c1)C1CCOC1. The highest BCUT2D eigenvalue weighted by Gasteiger charge is 2.19. The number of rotatable bonds is 3. The summed E-state index contributed by atoms with van der Waals surface area (Å²) in [6.07, 6.45) is 1.11. The summed E-state index contributed by atoms with van der Waals surface area (Å²) in [5.74, 6) is 0. The second kappa shape index (κ2) is 5.11. The largest absolute Gasteiger partial charge is 0.380 e. The highest BCUT2D eigenvalue weighted by atomic mass is 16.5. The standard InChI is InChI=1S/C13H16N2O/c1-15(13-5-6-16-10-13)9-12-4-2-3-11(7-12)8-14/h2-4,7,13H,5-6,9-10H2,1H3. The van der Waals surface area contributed by atoms with Crippen molar-refractivity contribution in [1.29, 1.82) is 5.26 Å². The maximum atomic E-state index is 8.82. The Hall–Kier alpha value is -1.37. The van der Waals surface area contributed by atoms with Crippen LogP contribution in [0.15, 0.2) is 24.3 Å². The lowest BCUT2D eigenvalue weighted by molar-refractivity contribution is 0.156. The first-order valence-corrected chi connectivity index (χ1v) is 5.56. The van der Waals surface area contributed by atoms with E-state index in [-0.39, 0.29) is 0 Å². The number of nitriles is 1. The van der Waals surface area contributed by atoms with Gasteiger partial charge in [-0.25, -0.2) is 0 Å². The molecule has 1 aliphatic heterocycles. The van der Waals surface area contributed by atoms with Crippen LogP contribution in [0, 0.1) is 11.3 Å². The van der Waals surface area contributed by atoms with E-state index < -0.39 is 0 Å². The van der Waals surface area contributed by atoms with Crippen LogP contribution in [0.3, 0.4) is 0 Å². The van der Waals surface area contributed by atoms with Crippen molar-refractivity contribution in [3.63, 3.8) is 0 Å². The van der Waals surface area contributed by atoms with Crippen molar-refractivity contribution in [2.45, 2.75) is 19.0 Å². The van der Waals surface area contributed by atoms with Crippen molar-refractivity contribution >= 4 is 0 Å². The van der Waals surface area contributed by atoms with Crippen molar-refractivity contribution in [3.8, 4) is 6.07 Å². The van der Waals surface area contributed by atoms with Crippen LogP contribution in [0.4, 0.5) is 0 Å².